The molecule has 0 spiro atoms. The second kappa shape index (κ2) is 6.26. The third-order valence-corrected chi connectivity index (χ3v) is 7.27. The molecule has 0 aliphatic heterocycles. The monoisotopic (exact) mass is 318 g/mol. The van der Waals surface area contributed by atoms with Gasteiger partial charge in [0.2, 0.25) is 0 Å². The Morgan fingerprint density at radius 1 is 1.13 bits per heavy atom. The molecule has 3 aliphatic rings. The predicted octanol–water partition coefficient (Wildman–Crippen LogP) is 5.23. The number of carbonyl (C=O) groups is 1. The standard InChI is InChI=1S/C21H34O2/c1-6-21(4,5)11-16-9-15-10-18(16)19-8-14(7-17(15)19)12-23-20(22)13(2)3/h14-19H,2,6-12H2,1,3-5H3. The molecule has 3 fully saturated rings. The quantitative estimate of drug-likeness (QED) is 0.495. The lowest BCUT2D eigenvalue weighted by molar-refractivity contribution is -0.140. The molecular weight excluding hydrogens is 284 g/mol. The van der Waals surface area contributed by atoms with E-state index < -0.39 is 0 Å². The largest absolute Gasteiger partial charge is 0.462 e. The van der Waals surface area contributed by atoms with Gasteiger partial charge in [0.05, 0.1) is 6.61 Å². The van der Waals surface area contributed by atoms with Crippen molar-refractivity contribution in [1.82, 2.24) is 0 Å². The maximum atomic E-state index is 11.6. The van der Waals surface area contributed by atoms with E-state index in [0.29, 0.717) is 23.5 Å². The first-order valence-electron chi connectivity index (χ1n) is 9.63. The van der Waals surface area contributed by atoms with Crippen molar-refractivity contribution in [2.45, 2.75) is 66.2 Å². The Balaban J connectivity index is 1.55. The van der Waals surface area contributed by atoms with Crippen molar-refractivity contribution in [3.63, 3.8) is 0 Å². The lowest BCUT2D eigenvalue weighted by Gasteiger charge is -2.36. The number of ether oxygens (including phenoxy) is 1. The van der Waals surface area contributed by atoms with Crippen molar-refractivity contribution in [3.8, 4) is 0 Å². The van der Waals surface area contributed by atoms with Gasteiger partial charge in [-0.25, -0.2) is 4.79 Å². The first-order chi connectivity index (χ1) is 10.8. The first kappa shape index (κ1) is 17.0. The van der Waals surface area contributed by atoms with E-state index in [0.717, 1.165) is 29.6 Å². The molecule has 2 nitrogen and oxygen atoms in total. The third kappa shape index (κ3) is 3.37. The fraction of sp³-hybridized carbons (Fsp3) is 0.857. The van der Waals surface area contributed by atoms with Gasteiger partial charge in [-0.2, -0.15) is 0 Å². The van der Waals surface area contributed by atoms with Crippen molar-refractivity contribution in [2.75, 3.05) is 6.61 Å². The highest BCUT2D eigenvalue weighted by Gasteiger charge is 2.56. The summed E-state index contributed by atoms with van der Waals surface area (Å²) in [5, 5.41) is 0. The minimum Gasteiger partial charge on any atom is -0.462 e. The molecule has 0 aromatic carbocycles. The molecule has 0 radical (unpaired) electrons. The molecule has 0 N–H and O–H groups in total. The van der Waals surface area contributed by atoms with Gasteiger partial charge in [0.15, 0.2) is 0 Å². The van der Waals surface area contributed by atoms with Gasteiger partial charge in [0, 0.05) is 5.57 Å². The molecule has 3 rings (SSSR count). The maximum Gasteiger partial charge on any atom is 0.333 e. The van der Waals surface area contributed by atoms with Gasteiger partial charge < -0.3 is 4.74 Å². The minimum atomic E-state index is -0.215. The lowest BCUT2D eigenvalue weighted by atomic mass is 9.69. The van der Waals surface area contributed by atoms with Crippen LogP contribution in [0, 0.1) is 40.9 Å². The van der Waals surface area contributed by atoms with Gasteiger partial charge in [-0.3, -0.25) is 0 Å². The molecule has 0 aromatic heterocycles. The molecule has 6 atom stereocenters. The van der Waals surface area contributed by atoms with Crippen LogP contribution >= 0.6 is 0 Å². The molecule has 0 amide bonds. The van der Waals surface area contributed by atoms with E-state index in [4.69, 9.17) is 4.74 Å². The molecule has 2 bridgehead atoms. The highest BCUT2D eigenvalue weighted by Crippen LogP contribution is 2.63. The van der Waals surface area contributed by atoms with Gasteiger partial charge >= 0.3 is 5.97 Å². The Kier molecular flexibility index (Phi) is 4.64. The van der Waals surface area contributed by atoms with E-state index in [9.17, 15) is 4.79 Å². The molecule has 23 heavy (non-hydrogen) atoms. The first-order valence-corrected chi connectivity index (χ1v) is 9.63. The SMILES string of the molecule is C=C(C)C(=O)OCC1CC2C3CC(CC(C)(C)CC)C(C3)C2C1. The molecular formula is C21H34O2. The van der Waals surface area contributed by atoms with Crippen LogP contribution < -0.4 is 0 Å². The normalized spacial score (nSPS) is 38.6. The van der Waals surface area contributed by atoms with E-state index in [-0.39, 0.29) is 5.97 Å². The summed E-state index contributed by atoms with van der Waals surface area (Å²) in [6.45, 7) is 13.2. The van der Waals surface area contributed by atoms with Crippen molar-refractivity contribution >= 4 is 5.97 Å². The molecule has 0 heterocycles. The Labute approximate surface area is 142 Å². The third-order valence-electron chi connectivity index (χ3n) is 7.27. The number of esters is 1. The summed E-state index contributed by atoms with van der Waals surface area (Å²) in [6, 6.07) is 0. The minimum absolute atomic E-state index is 0.215. The van der Waals surface area contributed by atoms with Crippen LogP contribution in [0.2, 0.25) is 0 Å². The molecule has 0 aromatic rings. The van der Waals surface area contributed by atoms with Crippen LogP contribution in [0.15, 0.2) is 12.2 Å². The summed E-state index contributed by atoms with van der Waals surface area (Å²) in [7, 11) is 0. The van der Waals surface area contributed by atoms with Crippen molar-refractivity contribution in [3.05, 3.63) is 12.2 Å². The zero-order chi connectivity index (χ0) is 16.8. The highest BCUT2D eigenvalue weighted by molar-refractivity contribution is 5.86. The zero-order valence-corrected chi connectivity index (χ0v) is 15.4. The van der Waals surface area contributed by atoms with Crippen molar-refractivity contribution < 1.29 is 9.53 Å². The van der Waals surface area contributed by atoms with Crippen LogP contribution in [-0.4, -0.2) is 12.6 Å². The molecule has 6 unspecified atom stereocenters. The van der Waals surface area contributed by atoms with Crippen LogP contribution in [-0.2, 0) is 9.53 Å². The average molecular weight is 319 g/mol. The van der Waals surface area contributed by atoms with Gasteiger partial charge in [-0.05, 0) is 80.0 Å². The Hall–Kier alpha value is -0.790. The Morgan fingerprint density at radius 3 is 2.48 bits per heavy atom. The fourth-order valence-electron chi connectivity index (χ4n) is 5.87. The van der Waals surface area contributed by atoms with Crippen molar-refractivity contribution in [1.29, 1.82) is 0 Å². The van der Waals surface area contributed by atoms with Gasteiger partial charge in [-0.1, -0.05) is 33.8 Å². The zero-order valence-electron chi connectivity index (χ0n) is 15.4. The molecule has 0 saturated heterocycles. The van der Waals surface area contributed by atoms with E-state index in [1.54, 1.807) is 6.92 Å². The van der Waals surface area contributed by atoms with Crippen LogP contribution in [0.3, 0.4) is 0 Å². The van der Waals surface area contributed by atoms with Crippen LogP contribution in [0.4, 0.5) is 0 Å². The Bertz CT molecular complexity index is 478. The van der Waals surface area contributed by atoms with E-state index >= 15 is 0 Å². The van der Waals surface area contributed by atoms with Gasteiger partial charge in [0.25, 0.3) is 0 Å². The van der Waals surface area contributed by atoms with Crippen LogP contribution in [0.25, 0.3) is 0 Å². The molecule has 3 aliphatic carbocycles. The summed E-state index contributed by atoms with van der Waals surface area (Å²) >= 11 is 0. The smallest absolute Gasteiger partial charge is 0.333 e. The summed E-state index contributed by atoms with van der Waals surface area (Å²) < 4.78 is 5.43. The van der Waals surface area contributed by atoms with Crippen molar-refractivity contribution in [2.24, 2.45) is 40.9 Å². The predicted molar refractivity (Wildman–Crippen MR) is 93.9 cm³/mol. The molecule has 2 heteroatoms. The van der Waals surface area contributed by atoms with Crippen LogP contribution in [0.1, 0.15) is 66.2 Å². The van der Waals surface area contributed by atoms with Crippen LogP contribution in [0.5, 0.6) is 0 Å². The number of hydrogen-bond donors (Lipinski definition) is 0. The van der Waals surface area contributed by atoms with Gasteiger partial charge in [0.1, 0.15) is 0 Å². The summed E-state index contributed by atoms with van der Waals surface area (Å²) in [5.74, 6) is 5.09. The number of carbonyl (C=O) groups excluding carboxylic acids is 1. The highest BCUT2D eigenvalue weighted by atomic mass is 16.5. The fourth-order valence-corrected chi connectivity index (χ4v) is 5.87. The topological polar surface area (TPSA) is 26.3 Å². The number of rotatable bonds is 6. The second-order valence-corrected chi connectivity index (χ2v) is 9.42. The number of hydrogen-bond acceptors (Lipinski definition) is 2. The molecule has 3 saturated carbocycles. The Morgan fingerprint density at radius 2 is 1.83 bits per heavy atom. The average Bonchev–Trinajstić information content (AvgIpc) is 3.14. The van der Waals surface area contributed by atoms with E-state index in [1.165, 1.54) is 38.5 Å². The molecule has 130 valence electrons. The summed E-state index contributed by atoms with van der Waals surface area (Å²) in [5.41, 5.74) is 1.02. The number of fused-ring (bicyclic) bond motifs is 5. The van der Waals surface area contributed by atoms with E-state index in [1.807, 2.05) is 0 Å². The summed E-state index contributed by atoms with van der Waals surface area (Å²) in [4.78, 5) is 11.6. The second-order valence-electron chi connectivity index (χ2n) is 9.42. The lowest BCUT2D eigenvalue weighted by Crippen LogP contribution is -2.28. The maximum absolute atomic E-state index is 11.6. The van der Waals surface area contributed by atoms with E-state index in [2.05, 4.69) is 27.4 Å². The summed E-state index contributed by atoms with van der Waals surface area (Å²) in [6.07, 6.45) is 8.22. The van der Waals surface area contributed by atoms with Gasteiger partial charge in [-0.15, -0.1) is 0 Å².